The molecule has 6 nitrogen and oxygen atoms in total. The van der Waals surface area contributed by atoms with E-state index in [0.717, 1.165) is 4.68 Å². The van der Waals surface area contributed by atoms with Gasteiger partial charge < -0.3 is 15.4 Å². The molecule has 0 aliphatic carbocycles. The maximum absolute atomic E-state index is 13.6. The Morgan fingerprint density at radius 2 is 2.00 bits per heavy atom. The van der Waals surface area contributed by atoms with Crippen LogP contribution in [0.3, 0.4) is 0 Å². The SMILES string of the molecule is COc1ccc([C@H]2C[C@@H](C(F)(F)F)n3nc(C(=O)NC(C)C)cc3N2)cc1. The van der Waals surface area contributed by atoms with Gasteiger partial charge in [-0.25, -0.2) is 4.68 Å². The lowest BCUT2D eigenvalue weighted by atomic mass is 9.97. The summed E-state index contributed by atoms with van der Waals surface area (Å²) >= 11 is 0. The minimum absolute atomic E-state index is 0.0455. The summed E-state index contributed by atoms with van der Waals surface area (Å²) < 4.78 is 46.9. The molecule has 0 fully saturated rings. The van der Waals surface area contributed by atoms with E-state index in [4.69, 9.17) is 4.74 Å². The Bertz CT molecular complexity index is 815. The van der Waals surface area contributed by atoms with Crippen LogP contribution in [0.2, 0.25) is 0 Å². The molecule has 2 aromatic rings. The normalized spacial score (nSPS) is 19.4. The average molecular weight is 382 g/mol. The minimum atomic E-state index is -4.49. The summed E-state index contributed by atoms with van der Waals surface area (Å²) in [5, 5.41) is 9.61. The average Bonchev–Trinajstić information content (AvgIpc) is 3.03. The summed E-state index contributed by atoms with van der Waals surface area (Å²) in [7, 11) is 1.52. The lowest BCUT2D eigenvalue weighted by molar-refractivity contribution is -0.173. The van der Waals surface area contributed by atoms with Crippen LogP contribution in [0.1, 0.15) is 48.4 Å². The minimum Gasteiger partial charge on any atom is -0.497 e. The third kappa shape index (κ3) is 4.01. The van der Waals surface area contributed by atoms with E-state index >= 15 is 0 Å². The molecule has 0 saturated carbocycles. The van der Waals surface area contributed by atoms with E-state index < -0.39 is 24.2 Å². The number of hydrogen-bond donors (Lipinski definition) is 2. The van der Waals surface area contributed by atoms with Gasteiger partial charge in [0, 0.05) is 18.5 Å². The van der Waals surface area contributed by atoms with Gasteiger partial charge in [0.2, 0.25) is 0 Å². The molecule has 2 heterocycles. The van der Waals surface area contributed by atoms with Crippen molar-refractivity contribution in [2.75, 3.05) is 12.4 Å². The van der Waals surface area contributed by atoms with Crippen LogP contribution in [0, 0.1) is 0 Å². The molecule has 0 bridgehead atoms. The van der Waals surface area contributed by atoms with Gasteiger partial charge in [0.1, 0.15) is 11.6 Å². The fraction of sp³-hybridized carbons (Fsp3) is 0.444. The lowest BCUT2D eigenvalue weighted by Gasteiger charge is -2.33. The van der Waals surface area contributed by atoms with Gasteiger partial charge in [0.05, 0.1) is 13.2 Å². The Balaban J connectivity index is 1.94. The summed E-state index contributed by atoms with van der Waals surface area (Å²) in [5.41, 5.74) is 0.654. The molecule has 146 valence electrons. The molecule has 3 rings (SSSR count). The number of fused-ring (bicyclic) bond motifs is 1. The second-order valence-electron chi connectivity index (χ2n) is 6.75. The smallest absolute Gasteiger partial charge is 0.410 e. The second kappa shape index (κ2) is 7.13. The van der Waals surface area contributed by atoms with Crippen molar-refractivity contribution in [1.82, 2.24) is 15.1 Å². The zero-order chi connectivity index (χ0) is 19.8. The number of benzene rings is 1. The number of hydrogen-bond acceptors (Lipinski definition) is 4. The van der Waals surface area contributed by atoms with Gasteiger partial charge in [0.25, 0.3) is 5.91 Å². The predicted octanol–water partition coefficient (Wildman–Crippen LogP) is 3.69. The van der Waals surface area contributed by atoms with E-state index in [9.17, 15) is 18.0 Å². The van der Waals surface area contributed by atoms with Crippen molar-refractivity contribution >= 4 is 11.7 Å². The third-order valence-electron chi connectivity index (χ3n) is 4.36. The number of ether oxygens (including phenoxy) is 1. The maximum atomic E-state index is 13.6. The molecule has 2 N–H and O–H groups in total. The molecule has 1 aromatic carbocycles. The summed E-state index contributed by atoms with van der Waals surface area (Å²) in [6.07, 6.45) is -4.71. The van der Waals surface area contributed by atoms with Gasteiger partial charge in [-0.1, -0.05) is 12.1 Å². The van der Waals surface area contributed by atoms with Gasteiger partial charge in [-0.15, -0.1) is 0 Å². The Hall–Kier alpha value is -2.71. The maximum Gasteiger partial charge on any atom is 0.410 e. The highest BCUT2D eigenvalue weighted by Crippen LogP contribution is 2.43. The van der Waals surface area contributed by atoms with Crippen molar-refractivity contribution in [1.29, 1.82) is 0 Å². The molecule has 1 aromatic heterocycles. The van der Waals surface area contributed by atoms with E-state index in [0.29, 0.717) is 11.3 Å². The number of alkyl halides is 3. The number of aromatic nitrogens is 2. The van der Waals surface area contributed by atoms with Crippen molar-refractivity contribution in [3.05, 3.63) is 41.6 Å². The first kappa shape index (κ1) is 19.1. The molecule has 1 aliphatic heterocycles. The summed E-state index contributed by atoms with van der Waals surface area (Å²) in [5.74, 6) is 0.286. The molecule has 27 heavy (non-hydrogen) atoms. The second-order valence-corrected chi connectivity index (χ2v) is 6.75. The topological polar surface area (TPSA) is 68.2 Å². The van der Waals surface area contributed by atoms with Crippen molar-refractivity contribution < 1.29 is 22.7 Å². The van der Waals surface area contributed by atoms with E-state index in [1.165, 1.54) is 13.2 Å². The molecule has 0 saturated heterocycles. The monoisotopic (exact) mass is 382 g/mol. The van der Waals surface area contributed by atoms with Gasteiger partial charge in [-0.3, -0.25) is 4.79 Å². The van der Waals surface area contributed by atoms with Crippen LogP contribution in [0.5, 0.6) is 5.75 Å². The predicted molar refractivity (Wildman–Crippen MR) is 93.9 cm³/mol. The number of carbonyl (C=O) groups excluding carboxylic acids is 1. The van der Waals surface area contributed by atoms with Crippen molar-refractivity contribution in [3.63, 3.8) is 0 Å². The van der Waals surface area contributed by atoms with Crippen LogP contribution < -0.4 is 15.4 Å². The van der Waals surface area contributed by atoms with Crippen LogP contribution >= 0.6 is 0 Å². The number of amides is 1. The molecular weight excluding hydrogens is 361 g/mol. The van der Waals surface area contributed by atoms with Crippen LogP contribution in [0.25, 0.3) is 0 Å². The molecule has 0 radical (unpaired) electrons. The van der Waals surface area contributed by atoms with Crippen LogP contribution in [0.15, 0.2) is 30.3 Å². The van der Waals surface area contributed by atoms with Crippen LogP contribution in [0.4, 0.5) is 19.0 Å². The van der Waals surface area contributed by atoms with Crippen molar-refractivity contribution in [2.24, 2.45) is 0 Å². The zero-order valence-corrected chi connectivity index (χ0v) is 15.2. The van der Waals surface area contributed by atoms with Crippen molar-refractivity contribution in [2.45, 2.75) is 44.6 Å². The highest BCUT2D eigenvalue weighted by Gasteiger charge is 2.46. The number of anilines is 1. The van der Waals surface area contributed by atoms with E-state index in [-0.39, 0.29) is 24.0 Å². The Morgan fingerprint density at radius 3 is 2.56 bits per heavy atom. The zero-order valence-electron chi connectivity index (χ0n) is 15.2. The lowest BCUT2D eigenvalue weighted by Crippen LogP contribution is -2.36. The fourth-order valence-electron chi connectivity index (χ4n) is 3.08. The van der Waals surface area contributed by atoms with Gasteiger partial charge in [0.15, 0.2) is 11.7 Å². The Kier molecular flexibility index (Phi) is 5.03. The van der Waals surface area contributed by atoms with Crippen LogP contribution in [-0.4, -0.2) is 35.0 Å². The Morgan fingerprint density at radius 1 is 1.33 bits per heavy atom. The highest BCUT2D eigenvalue weighted by molar-refractivity contribution is 5.93. The van der Waals surface area contributed by atoms with Gasteiger partial charge in [-0.05, 0) is 31.5 Å². The van der Waals surface area contributed by atoms with Crippen LogP contribution in [-0.2, 0) is 0 Å². The number of halogens is 3. The number of methoxy groups -OCH3 is 1. The molecular formula is C18H21F3N4O2. The van der Waals surface area contributed by atoms with Crippen molar-refractivity contribution in [3.8, 4) is 5.75 Å². The summed E-state index contributed by atoms with van der Waals surface area (Å²) in [6.45, 7) is 3.54. The largest absolute Gasteiger partial charge is 0.497 e. The number of carbonyl (C=O) groups is 1. The molecule has 1 aliphatic rings. The highest BCUT2D eigenvalue weighted by atomic mass is 19.4. The molecule has 1 amide bonds. The number of nitrogens with one attached hydrogen (secondary N) is 2. The quantitative estimate of drug-likeness (QED) is 0.846. The van der Waals surface area contributed by atoms with Gasteiger partial charge in [-0.2, -0.15) is 18.3 Å². The van der Waals surface area contributed by atoms with E-state index in [1.54, 1.807) is 38.1 Å². The standard InChI is InChI=1S/C18H21F3N4O2/c1-10(2)22-17(26)14-9-16-23-13(11-4-6-12(27-3)7-5-11)8-15(18(19,20)21)25(16)24-14/h4-7,9-10,13,15,23H,8H2,1-3H3,(H,22,26)/t13-,15+/m1/s1. The Labute approximate surface area is 154 Å². The molecule has 0 spiro atoms. The van der Waals surface area contributed by atoms with Gasteiger partial charge >= 0.3 is 6.18 Å². The third-order valence-corrected chi connectivity index (χ3v) is 4.36. The van der Waals surface area contributed by atoms with E-state index in [1.807, 2.05) is 0 Å². The first-order valence-electron chi connectivity index (χ1n) is 8.56. The first-order valence-corrected chi connectivity index (χ1v) is 8.56. The van der Waals surface area contributed by atoms with E-state index in [2.05, 4.69) is 15.7 Å². The first-order chi connectivity index (χ1) is 12.7. The molecule has 0 unspecified atom stereocenters. The molecule has 2 atom stereocenters. The molecule has 9 heteroatoms. The summed E-state index contributed by atoms with van der Waals surface area (Å²) in [4.78, 5) is 12.1. The number of rotatable bonds is 4. The summed E-state index contributed by atoms with van der Waals surface area (Å²) in [6, 6.07) is 5.68. The number of nitrogens with zero attached hydrogens (tertiary/aromatic N) is 2. The fourth-order valence-corrected chi connectivity index (χ4v) is 3.08.